The van der Waals surface area contributed by atoms with E-state index in [1.54, 1.807) is 29.5 Å². The average Bonchev–Trinajstić information content (AvgIpc) is 3.21. The van der Waals surface area contributed by atoms with Crippen LogP contribution in [-0.4, -0.2) is 30.4 Å². The van der Waals surface area contributed by atoms with E-state index < -0.39 is 0 Å². The molecule has 1 aliphatic heterocycles. The zero-order valence-corrected chi connectivity index (χ0v) is 14.9. The van der Waals surface area contributed by atoms with Gasteiger partial charge in [0.1, 0.15) is 0 Å². The third-order valence-electron chi connectivity index (χ3n) is 4.08. The third kappa shape index (κ3) is 4.07. The van der Waals surface area contributed by atoms with Gasteiger partial charge in [0.2, 0.25) is 0 Å². The van der Waals surface area contributed by atoms with Gasteiger partial charge >= 0.3 is 0 Å². The number of amides is 1. The predicted molar refractivity (Wildman–Crippen MR) is 96.7 cm³/mol. The maximum Gasteiger partial charge on any atom is 0.252 e. The largest absolute Gasteiger partial charge is 0.350 e. The van der Waals surface area contributed by atoms with Crippen molar-refractivity contribution >= 4 is 40.4 Å². The topological polar surface area (TPSA) is 32.3 Å². The predicted octanol–water partition coefficient (Wildman–Crippen LogP) is 4.62. The second-order valence-corrected chi connectivity index (χ2v) is 7.43. The molecule has 6 heteroatoms. The van der Waals surface area contributed by atoms with Crippen LogP contribution in [0.25, 0.3) is 0 Å². The molecule has 2 heterocycles. The molecule has 1 saturated heterocycles. The van der Waals surface area contributed by atoms with Gasteiger partial charge in [0.25, 0.3) is 5.91 Å². The van der Waals surface area contributed by atoms with Crippen LogP contribution in [0, 0.1) is 0 Å². The number of carbonyl (C=O) groups is 1. The summed E-state index contributed by atoms with van der Waals surface area (Å²) in [6, 6.07) is 9.36. The molecule has 1 atom stereocenters. The molecule has 3 rings (SSSR count). The zero-order valence-electron chi connectivity index (χ0n) is 12.6. The first kappa shape index (κ1) is 16.8. The lowest BCUT2D eigenvalue weighted by molar-refractivity contribution is 0.0938. The van der Waals surface area contributed by atoms with Crippen molar-refractivity contribution in [2.75, 3.05) is 19.6 Å². The van der Waals surface area contributed by atoms with Gasteiger partial charge in [-0.25, -0.2) is 0 Å². The van der Waals surface area contributed by atoms with Crippen LogP contribution in [-0.2, 0) is 0 Å². The number of nitrogens with zero attached hydrogens (tertiary/aromatic N) is 1. The Morgan fingerprint density at radius 1 is 1.26 bits per heavy atom. The van der Waals surface area contributed by atoms with Gasteiger partial charge in [-0.2, -0.15) is 0 Å². The summed E-state index contributed by atoms with van der Waals surface area (Å²) in [6.45, 7) is 2.75. The molecule has 122 valence electrons. The van der Waals surface area contributed by atoms with Crippen molar-refractivity contribution in [1.82, 2.24) is 10.2 Å². The first-order valence-corrected chi connectivity index (χ1v) is 9.29. The minimum absolute atomic E-state index is 0.160. The molecule has 0 aliphatic carbocycles. The Hall–Kier alpha value is -1.07. The molecule has 1 unspecified atom stereocenters. The van der Waals surface area contributed by atoms with Crippen molar-refractivity contribution < 1.29 is 4.79 Å². The number of halogens is 2. The molecular formula is C17H18Cl2N2OS. The molecule has 1 fully saturated rings. The first-order chi connectivity index (χ1) is 11.1. The molecule has 0 saturated carbocycles. The lowest BCUT2D eigenvalue weighted by atomic mass is 10.1. The van der Waals surface area contributed by atoms with E-state index in [0.717, 1.165) is 13.1 Å². The van der Waals surface area contributed by atoms with Gasteiger partial charge in [-0.05, 0) is 55.6 Å². The number of carbonyl (C=O) groups excluding carboxylic acids is 1. The zero-order chi connectivity index (χ0) is 16.2. The number of hydrogen-bond acceptors (Lipinski definition) is 3. The molecular weight excluding hydrogens is 351 g/mol. The molecule has 0 bridgehead atoms. The summed E-state index contributed by atoms with van der Waals surface area (Å²) in [5.41, 5.74) is 0.461. The van der Waals surface area contributed by atoms with E-state index in [0.29, 0.717) is 22.2 Å². The summed E-state index contributed by atoms with van der Waals surface area (Å²) in [5, 5.41) is 6.01. The van der Waals surface area contributed by atoms with E-state index in [1.807, 2.05) is 0 Å². The van der Waals surface area contributed by atoms with Crippen LogP contribution in [0.3, 0.4) is 0 Å². The molecule has 1 amide bonds. The highest BCUT2D eigenvalue weighted by atomic mass is 35.5. The summed E-state index contributed by atoms with van der Waals surface area (Å²) in [4.78, 5) is 16.1. The molecule has 0 spiro atoms. The fraction of sp³-hybridized carbons (Fsp3) is 0.353. The second-order valence-electron chi connectivity index (χ2n) is 5.61. The number of hydrogen-bond donors (Lipinski definition) is 1. The van der Waals surface area contributed by atoms with Gasteiger partial charge in [-0.3, -0.25) is 9.69 Å². The van der Waals surface area contributed by atoms with E-state index in [2.05, 4.69) is 27.7 Å². The highest BCUT2D eigenvalue weighted by Crippen LogP contribution is 2.28. The number of nitrogens with one attached hydrogen (secondary N) is 1. The number of thiophene rings is 1. The normalized spacial score (nSPS) is 16.4. The fourth-order valence-electron chi connectivity index (χ4n) is 2.90. The molecule has 2 aromatic rings. The van der Waals surface area contributed by atoms with Crippen molar-refractivity contribution in [3.8, 4) is 0 Å². The van der Waals surface area contributed by atoms with Crippen molar-refractivity contribution in [1.29, 1.82) is 0 Å². The van der Waals surface area contributed by atoms with Crippen LogP contribution in [0.4, 0.5) is 0 Å². The van der Waals surface area contributed by atoms with Crippen molar-refractivity contribution in [3.05, 3.63) is 56.2 Å². The Balaban J connectivity index is 1.69. The standard InChI is InChI=1S/C17H18Cl2N2OS/c18-12-5-6-13(14(19)10-12)17(22)20-11-15(16-4-3-9-23-16)21-7-1-2-8-21/h3-6,9-10,15H,1-2,7-8,11H2,(H,20,22). The van der Waals surface area contributed by atoms with Gasteiger partial charge in [0.05, 0.1) is 16.6 Å². The summed E-state index contributed by atoms with van der Waals surface area (Å²) in [6.07, 6.45) is 2.44. The Morgan fingerprint density at radius 3 is 2.70 bits per heavy atom. The van der Waals surface area contributed by atoms with Gasteiger partial charge in [-0.1, -0.05) is 29.3 Å². The Labute approximate surface area is 150 Å². The van der Waals surface area contributed by atoms with Gasteiger partial charge in [0.15, 0.2) is 0 Å². The molecule has 0 radical (unpaired) electrons. The quantitative estimate of drug-likeness (QED) is 0.834. The molecule has 1 aromatic carbocycles. The molecule has 3 nitrogen and oxygen atoms in total. The summed E-state index contributed by atoms with van der Waals surface area (Å²) >= 11 is 13.7. The average molecular weight is 369 g/mol. The van der Waals surface area contributed by atoms with E-state index in [-0.39, 0.29) is 11.9 Å². The van der Waals surface area contributed by atoms with Crippen LogP contribution in [0.15, 0.2) is 35.7 Å². The van der Waals surface area contributed by atoms with E-state index >= 15 is 0 Å². The highest BCUT2D eigenvalue weighted by Gasteiger charge is 2.25. The van der Waals surface area contributed by atoms with Crippen molar-refractivity contribution in [3.63, 3.8) is 0 Å². The maximum absolute atomic E-state index is 12.4. The summed E-state index contributed by atoms with van der Waals surface area (Å²) in [5.74, 6) is -0.160. The lowest BCUT2D eigenvalue weighted by Gasteiger charge is -2.27. The lowest BCUT2D eigenvalue weighted by Crippen LogP contribution is -2.36. The molecule has 1 N–H and O–H groups in total. The molecule has 1 aromatic heterocycles. The van der Waals surface area contributed by atoms with E-state index in [1.165, 1.54) is 17.7 Å². The highest BCUT2D eigenvalue weighted by molar-refractivity contribution is 7.10. The number of benzene rings is 1. The minimum atomic E-state index is -0.160. The third-order valence-corrected chi connectivity index (χ3v) is 5.61. The summed E-state index contributed by atoms with van der Waals surface area (Å²) < 4.78 is 0. The summed E-state index contributed by atoms with van der Waals surface area (Å²) in [7, 11) is 0. The molecule has 23 heavy (non-hydrogen) atoms. The SMILES string of the molecule is O=C(NCC(c1cccs1)N1CCCC1)c1ccc(Cl)cc1Cl. The first-order valence-electron chi connectivity index (χ1n) is 7.66. The van der Waals surface area contributed by atoms with Crippen LogP contribution in [0.2, 0.25) is 10.0 Å². The Morgan fingerprint density at radius 2 is 2.04 bits per heavy atom. The molecule has 1 aliphatic rings. The maximum atomic E-state index is 12.4. The minimum Gasteiger partial charge on any atom is -0.350 e. The van der Waals surface area contributed by atoms with Gasteiger partial charge < -0.3 is 5.32 Å². The van der Waals surface area contributed by atoms with E-state index in [9.17, 15) is 4.79 Å². The van der Waals surface area contributed by atoms with E-state index in [4.69, 9.17) is 23.2 Å². The van der Waals surface area contributed by atoms with Gasteiger partial charge in [-0.15, -0.1) is 11.3 Å². The van der Waals surface area contributed by atoms with Crippen LogP contribution < -0.4 is 5.32 Å². The Kier molecular flexibility index (Phi) is 5.59. The Bertz CT molecular complexity index is 669. The van der Waals surface area contributed by atoms with Gasteiger partial charge in [0, 0.05) is 16.4 Å². The smallest absolute Gasteiger partial charge is 0.252 e. The van der Waals surface area contributed by atoms with Crippen LogP contribution >= 0.6 is 34.5 Å². The fourth-order valence-corrected chi connectivity index (χ4v) is 4.26. The van der Waals surface area contributed by atoms with Crippen LogP contribution in [0.1, 0.15) is 34.1 Å². The number of rotatable bonds is 5. The second kappa shape index (κ2) is 7.67. The monoisotopic (exact) mass is 368 g/mol. The van der Waals surface area contributed by atoms with Crippen LogP contribution in [0.5, 0.6) is 0 Å². The number of likely N-dealkylation sites (tertiary alicyclic amines) is 1. The van der Waals surface area contributed by atoms with Crippen molar-refractivity contribution in [2.24, 2.45) is 0 Å². The van der Waals surface area contributed by atoms with Crippen molar-refractivity contribution in [2.45, 2.75) is 18.9 Å².